The summed E-state index contributed by atoms with van der Waals surface area (Å²) in [5.74, 6) is -1.55. The Hall–Kier alpha value is -2.18. The van der Waals surface area contributed by atoms with Crippen molar-refractivity contribution in [3.8, 4) is 0 Å². The van der Waals surface area contributed by atoms with Gasteiger partial charge < -0.3 is 9.84 Å². The Kier molecular flexibility index (Phi) is 6.58. The maximum atomic E-state index is 10.8. The van der Waals surface area contributed by atoms with Gasteiger partial charge in [0, 0.05) is 22.4 Å². The molecule has 0 aliphatic carbocycles. The Morgan fingerprint density at radius 1 is 1.05 bits per heavy atom. The van der Waals surface area contributed by atoms with E-state index in [1.54, 1.807) is 6.07 Å². The van der Waals surface area contributed by atoms with E-state index in [9.17, 15) is 9.59 Å². The highest BCUT2D eigenvalue weighted by atomic mass is 35.5. The van der Waals surface area contributed by atoms with Crippen LogP contribution in [0.3, 0.4) is 0 Å². The van der Waals surface area contributed by atoms with E-state index < -0.39 is 11.9 Å². The number of carboxylic acids is 1. The Labute approximate surface area is 130 Å². The van der Waals surface area contributed by atoms with E-state index in [0.29, 0.717) is 10.0 Å². The Morgan fingerprint density at radius 2 is 1.52 bits per heavy atom. The molecule has 0 radical (unpaired) electrons. The molecule has 0 unspecified atom stereocenters. The number of carboxylic acid groups (broad SMARTS) is 1. The van der Waals surface area contributed by atoms with Gasteiger partial charge in [-0.2, -0.15) is 0 Å². The fourth-order valence-electron chi connectivity index (χ4n) is 1.14. The molecule has 0 bridgehead atoms. The molecule has 0 aliphatic heterocycles. The molecule has 21 heavy (non-hydrogen) atoms. The lowest BCUT2D eigenvalue weighted by molar-refractivity contribution is 0.0593. The molecule has 8 heteroatoms. The second-order valence-corrected chi connectivity index (χ2v) is 4.39. The number of aromatic carboxylic acids is 1. The zero-order valence-electron chi connectivity index (χ0n) is 10.8. The van der Waals surface area contributed by atoms with Gasteiger partial charge in [-0.1, -0.05) is 23.2 Å². The van der Waals surface area contributed by atoms with Crippen LogP contribution in [0.1, 0.15) is 21.0 Å². The molecule has 0 saturated carbocycles. The third kappa shape index (κ3) is 5.76. The van der Waals surface area contributed by atoms with Crippen molar-refractivity contribution in [3.63, 3.8) is 0 Å². The minimum absolute atomic E-state index is 0.0347. The monoisotopic (exact) mass is 328 g/mol. The van der Waals surface area contributed by atoms with Gasteiger partial charge in [-0.05, 0) is 24.3 Å². The number of esters is 1. The number of hydrogen-bond donors (Lipinski definition) is 1. The van der Waals surface area contributed by atoms with Gasteiger partial charge in [0.1, 0.15) is 11.4 Å². The highest BCUT2D eigenvalue weighted by Crippen LogP contribution is 2.08. The number of halogens is 2. The largest absolute Gasteiger partial charge is 0.477 e. The molecule has 0 saturated heterocycles. The molecule has 2 heterocycles. The molecule has 2 aromatic heterocycles. The number of nitrogens with zero attached hydrogens (tertiary/aromatic N) is 2. The summed E-state index contributed by atoms with van der Waals surface area (Å²) in [5.41, 5.74) is 0.188. The number of carbonyl (C=O) groups excluding carboxylic acids is 1. The SMILES string of the molecule is COC(=O)c1cc(Cl)ccn1.O=C(O)c1cc(Cl)ccn1. The van der Waals surface area contributed by atoms with Crippen LogP contribution in [-0.4, -0.2) is 34.1 Å². The molecular formula is C13H10Cl2N2O4. The van der Waals surface area contributed by atoms with E-state index in [1.165, 1.54) is 37.7 Å². The van der Waals surface area contributed by atoms with Gasteiger partial charge >= 0.3 is 11.9 Å². The first-order valence-corrected chi connectivity index (χ1v) is 6.24. The van der Waals surface area contributed by atoms with E-state index >= 15 is 0 Å². The molecule has 0 spiro atoms. The number of pyridine rings is 2. The van der Waals surface area contributed by atoms with Crippen LogP contribution in [0.25, 0.3) is 0 Å². The van der Waals surface area contributed by atoms with E-state index in [0.717, 1.165) is 0 Å². The summed E-state index contributed by atoms with van der Waals surface area (Å²) < 4.78 is 4.43. The number of hydrogen-bond acceptors (Lipinski definition) is 5. The van der Waals surface area contributed by atoms with Crippen molar-refractivity contribution in [2.75, 3.05) is 7.11 Å². The van der Waals surface area contributed by atoms with Crippen molar-refractivity contribution in [2.24, 2.45) is 0 Å². The van der Waals surface area contributed by atoms with Crippen molar-refractivity contribution in [3.05, 3.63) is 58.1 Å². The van der Waals surface area contributed by atoms with Gasteiger partial charge in [0.05, 0.1) is 7.11 Å². The maximum absolute atomic E-state index is 10.8. The number of methoxy groups -OCH3 is 1. The first-order valence-electron chi connectivity index (χ1n) is 5.48. The van der Waals surface area contributed by atoms with Crippen molar-refractivity contribution in [1.29, 1.82) is 0 Å². The molecule has 0 aliphatic rings. The molecule has 2 aromatic rings. The lowest BCUT2D eigenvalue weighted by atomic mass is 10.3. The lowest BCUT2D eigenvalue weighted by Gasteiger charge is -1.96. The molecule has 0 atom stereocenters. The van der Waals surface area contributed by atoms with Gasteiger partial charge in [0.15, 0.2) is 0 Å². The molecule has 2 rings (SSSR count). The van der Waals surface area contributed by atoms with Crippen LogP contribution in [0.2, 0.25) is 10.0 Å². The van der Waals surface area contributed by atoms with Crippen LogP contribution >= 0.6 is 23.2 Å². The van der Waals surface area contributed by atoms with Crippen molar-refractivity contribution < 1.29 is 19.4 Å². The van der Waals surface area contributed by atoms with Crippen LogP contribution in [-0.2, 0) is 4.74 Å². The Balaban J connectivity index is 0.000000211. The Morgan fingerprint density at radius 3 is 1.90 bits per heavy atom. The summed E-state index contributed by atoms with van der Waals surface area (Å²) in [5, 5.41) is 9.24. The lowest BCUT2D eigenvalue weighted by Crippen LogP contribution is -2.03. The minimum atomic E-state index is -1.07. The van der Waals surface area contributed by atoms with Gasteiger partial charge in [-0.3, -0.25) is 0 Å². The van der Waals surface area contributed by atoms with Crippen molar-refractivity contribution in [1.82, 2.24) is 9.97 Å². The molecule has 0 fully saturated rings. The van der Waals surface area contributed by atoms with Crippen LogP contribution in [0.5, 0.6) is 0 Å². The zero-order valence-corrected chi connectivity index (χ0v) is 12.3. The highest BCUT2D eigenvalue weighted by molar-refractivity contribution is 6.31. The number of ether oxygens (including phenoxy) is 1. The molecule has 0 amide bonds. The van der Waals surface area contributed by atoms with Crippen LogP contribution in [0.4, 0.5) is 0 Å². The fraction of sp³-hybridized carbons (Fsp3) is 0.0769. The number of aromatic nitrogens is 2. The summed E-state index contributed by atoms with van der Waals surface area (Å²) >= 11 is 11.1. The van der Waals surface area contributed by atoms with E-state index in [4.69, 9.17) is 28.3 Å². The number of carbonyl (C=O) groups is 2. The summed E-state index contributed by atoms with van der Waals surface area (Å²) in [4.78, 5) is 28.4. The quantitative estimate of drug-likeness (QED) is 0.852. The normalized spacial score (nSPS) is 9.29. The average molecular weight is 329 g/mol. The van der Waals surface area contributed by atoms with Gasteiger partial charge in [-0.25, -0.2) is 19.6 Å². The number of rotatable bonds is 2. The third-order valence-electron chi connectivity index (χ3n) is 2.06. The smallest absolute Gasteiger partial charge is 0.356 e. The predicted octanol–water partition coefficient (Wildman–Crippen LogP) is 2.95. The highest BCUT2D eigenvalue weighted by Gasteiger charge is 2.05. The topological polar surface area (TPSA) is 89.4 Å². The summed E-state index contributed by atoms with van der Waals surface area (Å²) in [6.45, 7) is 0. The van der Waals surface area contributed by atoms with Gasteiger partial charge in [0.25, 0.3) is 0 Å². The maximum Gasteiger partial charge on any atom is 0.356 e. The first kappa shape index (κ1) is 16.9. The third-order valence-corrected chi connectivity index (χ3v) is 2.53. The van der Waals surface area contributed by atoms with Crippen molar-refractivity contribution >= 4 is 35.1 Å². The molecule has 110 valence electrons. The van der Waals surface area contributed by atoms with E-state index in [-0.39, 0.29) is 11.4 Å². The molecule has 0 aromatic carbocycles. The Bertz CT molecular complexity index is 650. The first-order chi connectivity index (χ1) is 9.93. The van der Waals surface area contributed by atoms with Crippen molar-refractivity contribution in [2.45, 2.75) is 0 Å². The van der Waals surface area contributed by atoms with Crippen LogP contribution < -0.4 is 0 Å². The minimum Gasteiger partial charge on any atom is -0.477 e. The zero-order chi connectivity index (χ0) is 15.8. The van der Waals surface area contributed by atoms with Crippen LogP contribution in [0, 0.1) is 0 Å². The van der Waals surface area contributed by atoms with Crippen LogP contribution in [0.15, 0.2) is 36.7 Å². The summed E-state index contributed by atoms with van der Waals surface area (Å²) in [6.07, 6.45) is 2.81. The summed E-state index contributed by atoms with van der Waals surface area (Å²) in [6, 6.07) is 5.86. The average Bonchev–Trinajstić information content (AvgIpc) is 2.47. The van der Waals surface area contributed by atoms with E-state index in [2.05, 4.69) is 14.7 Å². The molecular weight excluding hydrogens is 319 g/mol. The predicted molar refractivity (Wildman–Crippen MR) is 76.8 cm³/mol. The second-order valence-electron chi connectivity index (χ2n) is 3.52. The second kappa shape index (κ2) is 8.18. The van der Waals surface area contributed by atoms with Gasteiger partial charge in [0.2, 0.25) is 0 Å². The molecule has 6 nitrogen and oxygen atoms in total. The fourth-order valence-corrected chi connectivity index (χ4v) is 1.46. The summed E-state index contributed by atoms with van der Waals surface area (Å²) in [7, 11) is 1.30. The van der Waals surface area contributed by atoms with E-state index in [1.807, 2.05) is 0 Å². The van der Waals surface area contributed by atoms with Gasteiger partial charge in [-0.15, -0.1) is 0 Å². The molecule has 1 N–H and O–H groups in total. The standard InChI is InChI=1S/C7H6ClNO2.C6H4ClNO2/c1-11-7(10)6-4-5(8)2-3-9-6;7-4-1-2-8-5(3-4)6(9)10/h2-4H,1H3;1-3H,(H,9,10).